The van der Waals surface area contributed by atoms with Crippen LogP contribution in [0.5, 0.6) is 0 Å². The summed E-state index contributed by atoms with van der Waals surface area (Å²) in [5, 5.41) is 2.39. The second kappa shape index (κ2) is 4.56. The molecule has 0 heteroatoms. The van der Waals surface area contributed by atoms with E-state index in [-0.39, 0.29) is 0 Å². The second-order valence-electron chi connectivity index (χ2n) is 3.46. The molecule has 76 valence electrons. The highest BCUT2D eigenvalue weighted by Gasteiger charge is 2.02. The van der Waals surface area contributed by atoms with Gasteiger partial charge in [-0.15, -0.1) is 11.8 Å². The topological polar surface area (TPSA) is 0 Å². The highest BCUT2D eigenvalue weighted by atomic mass is 14.0. The number of fused-ring (bicyclic) bond motifs is 1. The highest BCUT2D eigenvalue weighted by Crippen LogP contribution is 2.21. The number of rotatable bonds is 0. The number of hydrogen-bond acceptors (Lipinski definition) is 0. The summed E-state index contributed by atoms with van der Waals surface area (Å²) in [5.74, 6) is 12.1. The van der Waals surface area contributed by atoms with Gasteiger partial charge in [0.05, 0.1) is 0 Å². The average molecular weight is 204 g/mol. The van der Waals surface area contributed by atoms with Crippen LogP contribution in [-0.4, -0.2) is 0 Å². The molecule has 0 aliphatic heterocycles. The predicted octanol–water partition coefficient (Wildman–Crippen LogP) is 3.58. The quantitative estimate of drug-likeness (QED) is 0.575. The summed E-state index contributed by atoms with van der Waals surface area (Å²) in [7, 11) is 0. The van der Waals surface area contributed by atoms with Crippen molar-refractivity contribution in [2.45, 2.75) is 13.8 Å². The first kappa shape index (κ1) is 10.3. The third kappa shape index (κ3) is 1.79. The maximum absolute atomic E-state index is 3.15. The third-order valence-electron chi connectivity index (χ3n) is 2.44. The maximum Gasteiger partial charge on any atom is 0.0480 e. The van der Waals surface area contributed by atoms with Crippen LogP contribution in [0.25, 0.3) is 10.8 Å². The molecule has 0 radical (unpaired) electrons. The Balaban J connectivity index is 2.85. The first-order valence-electron chi connectivity index (χ1n) is 5.24. The SMILES string of the molecule is CC#Cc1ccc2ccccc2c1C#CC. The van der Waals surface area contributed by atoms with Gasteiger partial charge in [0.2, 0.25) is 0 Å². The smallest absolute Gasteiger partial charge is 0.0480 e. The Morgan fingerprint density at radius 1 is 0.812 bits per heavy atom. The summed E-state index contributed by atoms with van der Waals surface area (Å²) in [4.78, 5) is 0. The minimum atomic E-state index is 1.01. The normalized spacial score (nSPS) is 8.88. The van der Waals surface area contributed by atoms with E-state index < -0.39 is 0 Å². The molecule has 0 saturated heterocycles. The van der Waals surface area contributed by atoms with E-state index in [1.807, 2.05) is 32.0 Å². The van der Waals surface area contributed by atoms with Crippen molar-refractivity contribution in [2.24, 2.45) is 0 Å². The van der Waals surface area contributed by atoms with Crippen LogP contribution >= 0.6 is 0 Å². The van der Waals surface area contributed by atoms with Gasteiger partial charge in [-0.2, -0.15) is 0 Å². The lowest BCUT2D eigenvalue weighted by molar-refractivity contribution is 1.63. The van der Waals surface area contributed by atoms with Crippen molar-refractivity contribution >= 4 is 10.8 Å². The van der Waals surface area contributed by atoms with E-state index in [4.69, 9.17) is 0 Å². The molecule has 0 aliphatic carbocycles. The largest absolute Gasteiger partial charge is 0.101 e. The van der Waals surface area contributed by atoms with Crippen molar-refractivity contribution in [2.75, 3.05) is 0 Å². The molecule has 0 atom stereocenters. The summed E-state index contributed by atoms with van der Waals surface area (Å²) >= 11 is 0. The van der Waals surface area contributed by atoms with Crippen molar-refractivity contribution in [1.29, 1.82) is 0 Å². The van der Waals surface area contributed by atoms with Crippen molar-refractivity contribution < 1.29 is 0 Å². The van der Waals surface area contributed by atoms with Gasteiger partial charge in [0, 0.05) is 11.1 Å². The van der Waals surface area contributed by atoms with Crippen molar-refractivity contribution in [3.8, 4) is 23.7 Å². The van der Waals surface area contributed by atoms with E-state index in [9.17, 15) is 0 Å². The summed E-state index contributed by atoms with van der Waals surface area (Å²) < 4.78 is 0. The molecule has 0 spiro atoms. The van der Waals surface area contributed by atoms with Gasteiger partial charge in [-0.3, -0.25) is 0 Å². The lowest BCUT2D eigenvalue weighted by Gasteiger charge is -2.03. The summed E-state index contributed by atoms with van der Waals surface area (Å²) in [6, 6.07) is 12.4. The Morgan fingerprint density at radius 3 is 2.31 bits per heavy atom. The van der Waals surface area contributed by atoms with E-state index in [0.29, 0.717) is 0 Å². The fourth-order valence-corrected chi connectivity index (χ4v) is 1.77. The Hall–Kier alpha value is -2.18. The summed E-state index contributed by atoms with van der Waals surface area (Å²) in [6.07, 6.45) is 0. The molecular formula is C16H12. The fraction of sp³-hybridized carbons (Fsp3) is 0.125. The van der Waals surface area contributed by atoms with E-state index in [2.05, 4.69) is 41.9 Å². The van der Waals surface area contributed by atoms with Gasteiger partial charge in [-0.05, 0) is 30.7 Å². The molecule has 0 saturated carbocycles. The average Bonchev–Trinajstić information content (AvgIpc) is 2.32. The first-order chi connectivity index (χ1) is 7.86. The van der Waals surface area contributed by atoms with E-state index in [0.717, 1.165) is 11.1 Å². The maximum atomic E-state index is 3.15. The lowest BCUT2D eigenvalue weighted by atomic mass is 9.99. The monoisotopic (exact) mass is 204 g/mol. The van der Waals surface area contributed by atoms with Crippen LogP contribution in [-0.2, 0) is 0 Å². The van der Waals surface area contributed by atoms with Crippen LogP contribution in [0.1, 0.15) is 25.0 Å². The number of benzene rings is 2. The van der Waals surface area contributed by atoms with Crippen LogP contribution in [0.2, 0.25) is 0 Å². The molecule has 2 aromatic carbocycles. The van der Waals surface area contributed by atoms with E-state index in [1.165, 1.54) is 10.8 Å². The van der Waals surface area contributed by atoms with Crippen LogP contribution in [0.4, 0.5) is 0 Å². The van der Waals surface area contributed by atoms with Gasteiger partial charge >= 0.3 is 0 Å². The predicted molar refractivity (Wildman–Crippen MR) is 69.1 cm³/mol. The van der Waals surface area contributed by atoms with Gasteiger partial charge in [0.15, 0.2) is 0 Å². The standard InChI is InChI=1S/C16H12/c1-3-7-13-11-12-14-9-5-6-10-16(14)15(13)8-4-2/h5-6,9-12H,1-2H3. The summed E-state index contributed by atoms with van der Waals surface area (Å²) in [6.45, 7) is 3.70. The zero-order chi connectivity index (χ0) is 11.4. The van der Waals surface area contributed by atoms with Crippen LogP contribution in [0, 0.1) is 23.7 Å². The van der Waals surface area contributed by atoms with Crippen molar-refractivity contribution in [3.63, 3.8) is 0 Å². The van der Waals surface area contributed by atoms with Gasteiger partial charge in [-0.1, -0.05) is 42.2 Å². The second-order valence-corrected chi connectivity index (χ2v) is 3.46. The third-order valence-corrected chi connectivity index (χ3v) is 2.44. The molecule has 0 aromatic heterocycles. The molecule has 2 aromatic rings. The minimum Gasteiger partial charge on any atom is -0.101 e. The Labute approximate surface area is 96.3 Å². The van der Waals surface area contributed by atoms with Crippen molar-refractivity contribution in [1.82, 2.24) is 0 Å². The molecule has 0 bridgehead atoms. The first-order valence-corrected chi connectivity index (χ1v) is 5.24. The van der Waals surface area contributed by atoms with Gasteiger partial charge < -0.3 is 0 Å². The Kier molecular flexibility index (Phi) is 2.95. The molecule has 16 heavy (non-hydrogen) atoms. The number of hydrogen-bond donors (Lipinski definition) is 0. The van der Waals surface area contributed by atoms with Gasteiger partial charge in [-0.25, -0.2) is 0 Å². The molecule has 2 rings (SSSR count). The molecule has 0 amide bonds. The molecule has 0 aliphatic rings. The van der Waals surface area contributed by atoms with Crippen LogP contribution in [0.15, 0.2) is 36.4 Å². The summed E-state index contributed by atoms with van der Waals surface area (Å²) in [5.41, 5.74) is 2.05. The molecule has 0 fully saturated rings. The highest BCUT2D eigenvalue weighted by molar-refractivity contribution is 5.90. The zero-order valence-electron chi connectivity index (χ0n) is 9.46. The molecule has 0 heterocycles. The van der Waals surface area contributed by atoms with Crippen molar-refractivity contribution in [3.05, 3.63) is 47.5 Å². The van der Waals surface area contributed by atoms with E-state index in [1.54, 1.807) is 0 Å². The molecule has 0 N–H and O–H groups in total. The lowest BCUT2D eigenvalue weighted by Crippen LogP contribution is -1.86. The fourth-order valence-electron chi connectivity index (χ4n) is 1.77. The zero-order valence-corrected chi connectivity index (χ0v) is 9.46. The molecule has 0 nitrogen and oxygen atoms in total. The van der Waals surface area contributed by atoms with Gasteiger partial charge in [0.25, 0.3) is 0 Å². The Morgan fingerprint density at radius 2 is 1.56 bits per heavy atom. The van der Waals surface area contributed by atoms with Crippen LogP contribution < -0.4 is 0 Å². The Bertz CT molecular complexity index is 640. The molecular weight excluding hydrogens is 192 g/mol. The molecule has 0 unspecified atom stereocenters. The van der Waals surface area contributed by atoms with Gasteiger partial charge in [0.1, 0.15) is 0 Å². The van der Waals surface area contributed by atoms with Crippen LogP contribution in [0.3, 0.4) is 0 Å². The van der Waals surface area contributed by atoms with E-state index >= 15 is 0 Å². The minimum absolute atomic E-state index is 1.01.